The molecule has 1 aromatic carbocycles. The van der Waals surface area contributed by atoms with Crippen molar-refractivity contribution < 1.29 is 4.74 Å². The van der Waals surface area contributed by atoms with Gasteiger partial charge in [0.2, 0.25) is 0 Å². The standard InChI is InChI=1S/C14H19N5O/c15-8-9-19-13(16-17-18-19)14(6-10-20-11-7-14)12-4-2-1-3-5-12/h1-5H,6-11,15H2. The molecule has 2 aromatic rings. The number of benzene rings is 1. The van der Waals surface area contributed by atoms with Crippen molar-refractivity contribution in [3.8, 4) is 0 Å². The molecule has 20 heavy (non-hydrogen) atoms. The van der Waals surface area contributed by atoms with Gasteiger partial charge in [0, 0.05) is 19.8 Å². The number of tetrazole rings is 1. The van der Waals surface area contributed by atoms with E-state index < -0.39 is 0 Å². The summed E-state index contributed by atoms with van der Waals surface area (Å²) in [6.07, 6.45) is 1.78. The van der Waals surface area contributed by atoms with E-state index in [9.17, 15) is 0 Å². The Bertz CT molecular complexity index is 548. The first kappa shape index (κ1) is 13.2. The maximum absolute atomic E-state index is 5.66. The highest BCUT2D eigenvalue weighted by Gasteiger charge is 2.40. The number of nitrogens with two attached hydrogens (primary N) is 1. The molecular weight excluding hydrogens is 254 g/mol. The first-order valence-corrected chi connectivity index (χ1v) is 6.97. The Labute approximate surface area is 117 Å². The molecule has 0 bridgehead atoms. The van der Waals surface area contributed by atoms with Gasteiger partial charge >= 0.3 is 0 Å². The number of nitrogens with zero attached hydrogens (tertiary/aromatic N) is 4. The van der Waals surface area contributed by atoms with Gasteiger partial charge in [-0.1, -0.05) is 30.3 Å². The third-order valence-corrected chi connectivity index (χ3v) is 3.97. The number of hydrogen-bond donors (Lipinski definition) is 1. The number of ether oxygens (including phenoxy) is 1. The zero-order valence-corrected chi connectivity index (χ0v) is 11.4. The molecule has 6 heteroatoms. The summed E-state index contributed by atoms with van der Waals surface area (Å²) in [5.41, 5.74) is 6.74. The van der Waals surface area contributed by atoms with Crippen LogP contribution in [-0.2, 0) is 16.7 Å². The molecule has 0 saturated carbocycles. The third kappa shape index (κ3) is 2.21. The molecule has 2 N–H and O–H groups in total. The molecule has 1 saturated heterocycles. The summed E-state index contributed by atoms with van der Waals surface area (Å²) in [5, 5.41) is 12.2. The monoisotopic (exact) mass is 273 g/mol. The van der Waals surface area contributed by atoms with E-state index in [-0.39, 0.29) is 5.41 Å². The van der Waals surface area contributed by atoms with Crippen LogP contribution in [0.15, 0.2) is 30.3 Å². The third-order valence-electron chi connectivity index (χ3n) is 3.97. The normalized spacial score (nSPS) is 18.1. The smallest absolute Gasteiger partial charge is 0.161 e. The molecule has 1 aromatic heterocycles. The van der Waals surface area contributed by atoms with Crippen molar-refractivity contribution in [2.75, 3.05) is 19.8 Å². The molecular formula is C14H19N5O. The Kier molecular flexibility index (Phi) is 3.75. The lowest BCUT2D eigenvalue weighted by Crippen LogP contribution is -2.38. The van der Waals surface area contributed by atoms with Crippen LogP contribution in [0.1, 0.15) is 24.2 Å². The van der Waals surface area contributed by atoms with Gasteiger partial charge in [-0.05, 0) is 28.8 Å². The fourth-order valence-electron chi connectivity index (χ4n) is 2.94. The summed E-state index contributed by atoms with van der Waals surface area (Å²) in [5.74, 6) is 0.900. The van der Waals surface area contributed by atoms with Gasteiger partial charge in [-0.2, -0.15) is 0 Å². The van der Waals surface area contributed by atoms with Gasteiger partial charge in [0.25, 0.3) is 0 Å². The summed E-state index contributed by atoms with van der Waals surface area (Å²) in [7, 11) is 0. The lowest BCUT2D eigenvalue weighted by Gasteiger charge is -2.36. The fourth-order valence-corrected chi connectivity index (χ4v) is 2.94. The van der Waals surface area contributed by atoms with Crippen molar-refractivity contribution >= 4 is 0 Å². The highest BCUT2D eigenvalue weighted by atomic mass is 16.5. The molecule has 1 fully saturated rings. The molecule has 0 unspecified atom stereocenters. The van der Waals surface area contributed by atoms with Gasteiger partial charge in [-0.25, -0.2) is 4.68 Å². The van der Waals surface area contributed by atoms with Crippen molar-refractivity contribution in [1.29, 1.82) is 0 Å². The molecule has 2 heterocycles. The molecule has 0 aliphatic carbocycles. The molecule has 0 radical (unpaired) electrons. The second kappa shape index (κ2) is 5.68. The van der Waals surface area contributed by atoms with Crippen LogP contribution in [0.25, 0.3) is 0 Å². The van der Waals surface area contributed by atoms with Crippen LogP contribution < -0.4 is 5.73 Å². The second-order valence-corrected chi connectivity index (χ2v) is 5.07. The van der Waals surface area contributed by atoms with Crippen LogP contribution >= 0.6 is 0 Å². The Morgan fingerprint density at radius 3 is 2.65 bits per heavy atom. The van der Waals surface area contributed by atoms with Crippen LogP contribution in [0.5, 0.6) is 0 Å². The molecule has 0 spiro atoms. The van der Waals surface area contributed by atoms with E-state index in [1.165, 1.54) is 5.56 Å². The van der Waals surface area contributed by atoms with E-state index in [1.54, 1.807) is 0 Å². The molecule has 0 amide bonds. The van der Waals surface area contributed by atoms with Crippen molar-refractivity contribution in [1.82, 2.24) is 20.2 Å². The summed E-state index contributed by atoms with van der Waals surface area (Å²) in [6, 6.07) is 10.4. The van der Waals surface area contributed by atoms with E-state index in [0.29, 0.717) is 13.1 Å². The highest BCUT2D eigenvalue weighted by Crippen LogP contribution is 2.39. The van der Waals surface area contributed by atoms with Gasteiger partial charge in [0.1, 0.15) is 0 Å². The van der Waals surface area contributed by atoms with Gasteiger partial charge in [0.05, 0.1) is 12.0 Å². The molecule has 0 atom stereocenters. The van der Waals surface area contributed by atoms with Crippen LogP contribution in [0.3, 0.4) is 0 Å². The van der Waals surface area contributed by atoms with E-state index in [2.05, 4.69) is 39.8 Å². The topological polar surface area (TPSA) is 78.9 Å². The minimum absolute atomic E-state index is 0.168. The molecule has 1 aliphatic heterocycles. The van der Waals surface area contributed by atoms with Crippen LogP contribution in [0.4, 0.5) is 0 Å². The summed E-state index contributed by atoms with van der Waals surface area (Å²) in [4.78, 5) is 0. The predicted octanol–water partition coefficient (Wildman–Crippen LogP) is 0.728. The zero-order chi connectivity index (χ0) is 13.8. The molecule has 6 nitrogen and oxygen atoms in total. The Morgan fingerprint density at radius 1 is 1.20 bits per heavy atom. The van der Waals surface area contributed by atoms with Gasteiger partial charge in [0.15, 0.2) is 5.82 Å². The quantitative estimate of drug-likeness (QED) is 0.888. The van der Waals surface area contributed by atoms with E-state index >= 15 is 0 Å². The first-order chi connectivity index (χ1) is 9.87. The molecule has 1 aliphatic rings. The van der Waals surface area contributed by atoms with Gasteiger partial charge < -0.3 is 10.5 Å². The van der Waals surface area contributed by atoms with Crippen LogP contribution in [0.2, 0.25) is 0 Å². The first-order valence-electron chi connectivity index (χ1n) is 6.97. The van der Waals surface area contributed by atoms with Crippen LogP contribution in [0, 0.1) is 0 Å². The minimum Gasteiger partial charge on any atom is -0.381 e. The lowest BCUT2D eigenvalue weighted by atomic mass is 9.73. The van der Waals surface area contributed by atoms with Gasteiger partial charge in [-0.3, -0.25) is 0 Å². The van der Waals surface area contributed by atoms with Crippen molar-refractivity contribution in [2.45, 2.75) is 24.8 Å². The Balaban J connectivity index is 2.08. The van der Waals surface area contributed by atoms with E-state index in [1.807, 2.05) is 10.7 Å². The maximum Gasteiger partial charge on any atom is 0.161 e. The fraction of sp³-hybridized carbons (Fsp3) is 0.500. The Hall–Kier alpha value is -1.79. The predicted molar refractivity (Wildman–Crippen MR) is 74.1 cm³/mol. The highest BCUT2D eigenvalue weighted by molar-refractivity contribution is 5.33. The summed E-state index contributed by atoms with van der Waals surface area (Å²) >= 11 is 0. The summed E-state index contributed by atoms with van der Waals surface area (Å²) < 4.78 is 7.37. The number of rotatable bonds is 4. The SMILES string of the molecule is NCCn1nnnc1C1(c2ccccc2)CCOCC1. The largest absolute Gasteiger partial charge is 0.381 e. The van der Waals surface area contributed by atoms with E-state index in [4.69, 9.17) is 10.5 Å². The van der Waals surface area contributed by atoms with Crippen molar-refractivity contribution in [2.24, 2.45) is 5.73 Å². The number of aromatic nitrogens is 4. The maximum atomic E-state index is 5.66. The number of hydrogen-bond acceptors (Lipinski definition) is 5. The van der Waals surface area contributed by atoms with E-state index in [0.717, 1.165) is 31.9 Å². The molecule has 3 rings (SSSR count). The minimum atomic E-state index is -0.168. The second-order valence-electron chi connectivity index (χ2n) is 5.07. The van der Waals surface area contributed by atoms with Crippen molar-refractivity contribution in [3.05, 3.63) is 41.7 Å². The Morgan fingerprint density at radius 2 is 1.95 bits per heavy atom. The summed E-state index contributed by atoms with van der Waals surface area (Å²) in [6.45, 7) is 2.62. The zero-order valence-electron chi connectivity index (χ0n) is 11.4. The average Bonchev–Trinajstić information content (AvgIpc) is 2.98. The van der Waals surface area contributed by atoms with Crippen LogP contribution in [-0.4, -0.2) is 40.0 Å². The lowest BCUT2D eigenvalue weighted by molar-refractivity contribution is 0.0590. The van der Waals surface area contributed by atoms with Gasteiger partial charge in [-0.15, -0.1) is 5.10 Å². The average molecular weight is 273 g/mol. The van der Waals surface area contributed by atoms with Crippen molar-refractivity contribution in [3.63, 3.8) is 0 Å². The molecule has 106 valence electrons.